The summed E-state index contributed by atoms with van der Waals surface area (Å²) in [6.45, 7) is 4.82. The predicted octanol–water partition coefficient (Wildman–Crippen LogP) is 4.29. The van der Waals surface area contributed by atoms with Gasteiger partial charge in [0.05, 0.1) is 6.04 Å². The van der Waals surface area contributed by atoms with E-state index in [0.29, 0.717) is 5.56 Å². The van der Waals surface area contributed by atoms with Crippen LogP contribution < -0.4 is 5.32 Å². The fraction of sp³-hybridized carbons (Fsp3) is 0.333. The van der Waals surface area contributed by atoms with Crippen molar-refractivity contribution in [2.24, 2.45) is 0 Å². The van der Waals surface area contributed by atoms with Crippen molar-refractivity contribution < 1.29 is 8.78 Å². The van der Waals surface area contributed by atoms with Crippen molar-refractivity contribution in [3.63, 3.8) is 0 Å². The van der Waals surface area contributed by atoms with Crippen LogP contribution in [0.15, 0.2) is 30.3 Å². The Hall–Kier alpha value is -1.26. The molecule has 102 valence electrons. The Labute approximate surface area is 116 Å². The number of hydrogen-bond acceptors (Lipinski definition) is 2. The maximum Gasteiger partial charge on any atom is 0.126 e. The summed E-state index contributed by atoms with van der Waals surface area (Å²) in [6.07, 6.45) is 0.973. The second-order valence-corrected chi connectivity index (χ2v) is 5.55. The number of rotatable bonds is 5. The van der Waals surface area contributed by atoms with Crippen LogP contribution in [0.1, 0.15) is 35.2 Å². The van der Waals surface area contributed by atoms with Crippen LogP contribution in [0, 0.1) is 11.6 Å². The van der Waals surface area contributed by atoms with Crippen molar-refractivity contribution in [2.75, 3.05) is 6.54 Å². The SMILES string of the molecule is CCNC(c1cc(F)cc(F)c1)c1ccc(CC)s1. The smallest absolute Gasteiger partial charge is 0.126 e. The van der Waals surface area contributed by atoms with Gasteiger partial charge in [-0.3, -0.25) is 0 Å². The minimum atomic E-state index is -0.537. The maximum absolute atomic E-state index is 13.4. The summed E-state index contributed by atoms with van der Waals surface area (Å²) in [6, 6.07) is 7.63. The molecule has 0 radical (unpaired) electrons. The lowest BCUT2D eigenvalue weighted by atomic mass is 10.0. The average Bonchev–Trinajstić information content (AvgIpc) is 2.83. The predicted molar refractivity (Wildman–Crippen MR) is 75.6 cm³/mol. The first-order chi connectivity index (χ1) is 9.13. The molecule has 2 rings (SSSR count). The summed E-state index contributed by atoms with van der Waals surface area (Å²) in [4.78, 5) is 2.36. The number of benzene rings is 1. The van der Waals surface area contributed by atoms with E-state index in [1.165, 1.54) is 17.0 Å². The normalized spacial score (nSPS) is 12.6. The van der Waals surface area contributed by atoms with Crippen LogP contribution in [0.4, 0.5) is 8.78 Å². The molecular formula is C15H17F2NS. The molecule has 1 aromatic heterocycles. The summed E-state index contributed by atoms with van der Waals surface area (Å²) < 4.78 is 26.7. The van der Waals surface area contributed by atoms with Gasteiger partial charge in [0.1, 0.15) is 11.6 Å². The van der Waals surface area contributed by atoms with Crippen molar-refractivity contribution in [1.29, 1.82) is 0 Å². The Morgan fingerprint density at radius 3 is 2.32 bits per heavy atom. The average molecular weight is 281 g/mol. The molecule has 1 N–H and O–H groups in total. The first-order valence-corrected chi connectivity index (χ1v) is 7.23. The minimum Gasteiger partial charge on any atom is -0.306 e. The molecule has 1 nitrogen and oxygen atoms in total. The number of thiophene rings is 1. The van der Waals surface area contributed by atoms with Crippen LogP contribution in [-0.2, 0) is 6.42 Å². The van der Waals surface area contributed by atoms with Gasteiger partial charge in [0.15, 0.2) is 0 Å². The van der Waals surface area contributed by atoms with Crippen molar-refractivity contribution in [3.05, 3.63) is 57.3 Å². The standard InChI is InChI=1S/C15H17F2NS/c1-3-13-5-6-14(19-13)15(18-4-2)10-7-11(16)9-12(17)8-10/h5-9,15,18H,3-4H2,1-2H3. The highest BCUT2D eigenvalue weighted by Gasteiger charge is 2.16. The molecule has 0 saturated carbocycles. The lowest BCUT2D eigenvalue weighted by Gasteiger charge is -2.17. The van der Waals surface area contributed by atoms with Gasteiger partial charge < -0.3 is 5.32 Å². The van der Waals surface area contributed by atoms with Crippen LogP contribution >= 0.6 is 11.3 Å². The van der Waals surface area contributed by atoms with E-state index in [4.69, 9.17) is 0 Å². The summed E-state index contributed by atoms with van der Waals surface area (Å²) in [5.41, 5.74) is 0.629. The van der Waals surface area contributed by atoms with E-state index in [1.54, 1.807) is 11.3 Å². The molecule has 1 atom stereocenters. The van der Waals surface area contributed by atoms with Gasteiger partial charge in [-0.15, -0.1) is 11.3 Å². The Kier molecular flexibility index (Phi) is 4.66. The van der Waals surface area contributed by atoms with Gasteiger partial charge in [-0.1, -0.05) is 13.8 Å². The number of halogens is 2. The van der Waals surface area contributed by atoms with Crippen LogP contribution in [0.5, 0.6) is 0 Å². The van der Waals surface area contributed by atoms with Crippen LogP contribution in [0.3, 0.4) is 0 Å². The van der Waals surface area contributed by atoms with Gasteiger partial charge in [0.25, 0.3) is 0 Å². The van der Waals surface area contributed by atoms with E-state index in [2.05, 4.69) is 18.3 Å². The van der Waals surface area contributed by atoms with E-state index >= 15 is 0 Å². The molecule has 1 heterocycles. The van der Waals surface area contributed by atoms with Crippen molar-refractivity contribution in [3.8, 4) is 0 Å². The Morgan fingerprint density at radius 2 is 1.79 bits per heavy atom. The zero-order valence-corrected chi connectivity index (χ0v) is 11.9. The topological polar surface area (TPSA) is 12.0 Å². The van der Waals surface area contributed by atoms with Gasteiger partial charge in [0.2, 0.25) is 0 Å². The maximum atomic E-state index is 13.4. The fourth-order valence-corrected chi connectivity index (χ4v) is 3.12. The third kappa shape index (κ3) is 3.39. The third-order valence-corrected chi connectivity index (χ3v) is 4.24. The van der Waals surface area contributed by atoms with Crippen molar-refractivity contribution in [1.82, 2.24) is 5.32 Å². The molecule has 0 spiro atoms. The molecule has 19 heavy (non-hydrogen) atoms. The van der Waals surface area contributed by atoms with E-state index < -0.39 is 11.6 Å². The van der Waals surface area contributed by atoms with Gasteiger partial charge in [-0.05, 0) is 42.8 Å². The van der Waals surface area contributed by atoms with Gasteiger partial charge >= 0.3 is 0 Å². The first kappa shape index (κ1) is 14.2. The molecule has 1 aromatic carbocycles. The van der Waals surface area contributed by atoms with Crippen LogP contribution in [0.2, 0.25) is 0 Å². The van der Waals surface area contributed by atoms with E-state index in [0.717, 1.165) is 23.9 Å². The van der Waals surface area contributed by atoms with E-state index in [-0.39, 0.29) is 6.04 Å². The fourth-order valence-electron chi connectivity index (χ4n) is 2.07. The first-order valence-electron chi connectivity index (χ1n) is 6.42. The molecule has 0 amide bonds. The molecule has 2 aromatic rings. The zero-order chi connectivity index (χ0) is 13.8. The molecule has 0 saturated heterocycles. The van der Waals surface area contributed by atoms with Gasteiger partial charge in [-0.25, -0.2) is 8.78 Å². The highest BCUT2D eigenvalue weighted by atomic mass is 32.1. The molecule has 0 aliphatic heterocycles. The van der Waals surface area contributed by atoms with Gasteiger partial charge in [-0.2, -0.15) is 0 Å². The van der Waals surface area contributed by atoms with Crippen molar-refractivity contribution in [2.45, 2.75) is 26.3 Å². The zero-order valence-electron chi connectivity index (χ0n) is 11.0. The highest BCUT2D eigenvalue weighted by molar-refractivity contribution is 7.12. The second-order valence-electron chi connectivity index (χ2n) is 4.35. The minimum absolute atomic E-state index is 0.152. The molecule has 1 unspecified atom stereocenters. The second kappa shape index (κ2) is 6.26. The van der Waals surface area contributed by atoms with Gasteiger partial charge in [0, 0.05) is 15.8 Å². The largest absolute Gasteiger partial charge is 0.306 e. The highest BCUT2D eigenvalue weighted by Crippen LogP contribution is 2.29. The van der Waals surface area contributed by atoms with Crippen LogP contribution in [-0.4, -0.2) is 6.54 Å². The Morgan fingerprint density at radius 1 is 1.11 bits per heavy atom. The third-order valence-electron chi connectivity index (χ3n) is 2.94. The lowest BCUT2D eigenvalue weighted by molar-refractivity contribution is 0.567. The number of aryl methyl sites for hydroxylation is 1. The number of nitrogens with one attached hydrogen (secondary N) is 1. The summed E-state index contributed by atoms with van der Waals surface area (Å²) in [7, 11) is 0. The molecule has 0 aliphatic rings. The molecule has 4 heteroatoms. The van der Waals surface area contributed by atoms with Crippen molar-refractivity contribution >= 4 is 11.3 Å². The Balaban J connectivity index is 2.38. The number of hydrogen-bond donors (Lipinski definition) is 1. The van der Waals surface area contributed by atoms with Crippen LogP contribution in [0.25, 0.3) is 0 Å². The molecule has 0 bridgehead atoms. The summed E-state index contributed by atoms with van der Waals surface area (Å²) >= 11 is 1.68. The Bertz CT molecular complexity index is 531. The molecule has 0 aliphatic carbocycles. The summed E-state index contributed by atoms with van der Waals surface area (Å²) in [5.74, 6) is -1.07. The van der Waals surface area contributed by atoms with E-state index in [9.17, 15) is 8.78 Å². The molecular weight excluding hydrogens is 264 g/mol. The molecule has 0 fully saturated rings. The summed E-state index contributed by atoms with van der Waals surface area (Å²) in [5, 5.41) is 3.28. The quantitative estimate of drug-likeness (QED) is 0.862. The van der Waals surface area contributed by atoms with E-state index in [1.807, 2.05) is 13.0 Å². The lowest BCUT2D eigenvalue weighted by Crippen LogP contribution is -2.21. The monoisotopic (exact) mass is 281 g/mol.